The fourth-order valence-corrected chi connectivity index (χ4v) is 2.90. The van der Waals surface area contributed by atoms with Gasteiger partial charge < -0.3 is 5.32 Å². The standard InChI is InChI=1S/C22H18F3NO/c1-14-7-12-20(22(23,24)25)19(13-14)16-8-10-17(11-9-16)26-21(27)18-6-4-3-5-15(18)2/h3-13H,1-2H3,(H,26,27). The lowest BCUT2D eigenvalue weighted by Crippen LogP contribution is -2.13. The smallest absolute Gasteiger partial charge is 0.322 e. The van der Waals surface area contributed by atoms with E-state index in [-0.39, 0.29) is 11.5 Å². The summed E-state index contributed by atoms with van der Waals surface area (Å²) in [5, 5.41) is 2.77. The van der Waals surface area contributed by atoms with E-state index in [1.54, 1.807) is 43.3 Å². The number of benzene rings is 3. The lowest BCUT2D eigenvalue weighted by molar-refractivity contribution is -0.137. The topological polar surface area (TPSA) is 29.1 Å². The van der Waals surface area contributed by atoms with Crippen molar-refractivity contribution in [1.82, 2.24) is 0 Å². The summed E-state index contributed by atoms with van der Waals surface area (Å²) in [5.74, 6) is -0.257. The average Bonchev–Trinajstić information content (AvgIpc) is 2.61. The second-order valence-corrected chi connectivity index (χ2v) is 6.39. The Morgan fingerprint density at radius 1 is 0.889 bits per heavy atom. The summed E-state index contributed by atoms with van der Waals surface area (Å²) < 4.78 is 39.9. The van der Waals surface area contributed by atoms with Crippen LogP contribution < -0.4 is 5.32 Å². The van der Waals surface area contributed by atoms with E-state index in [1.807, 2.05) is 19.1 Å². The number of hydrogen-bond donors (Lipinski definition) is 1. The van der Waals surface area contributed by atoms with Crippen LogP contribution in [0.2, 0.25) is 0 Å². The molecule has 0 spiro atoms. The number of alkyl halides is 3. The number of anilines is 1. The molecule has 0 aromatic heterocycles. The van der Waals surface area contributed by atoms with Gasteiger partial charge in [-0.05, 0) is 54.8 Å². The Morgan fingerprint density at radius 2 is 1.56 bits per heavy atom. The summed E-state index contributed by atoms with van der Waals surface area (Å²) in [6.45, 7) is 3.59. The first-order valence-electron chi connectivity index (χ1n) is 8.41. The highest BCUT2D eigenvalue weighted by Gasteiger charge is 2.33. The van der Waals surface area contributed by atoms with Crippen LogP contribution in [0.4, 0.5) is 18.9 Å². The highest BCUT2D eigenvalue weighted by molar-refractivity contribution is 6.05. The van der Waals surface area contributed by atoms with Crippen LogP contribution in [0, 0.1) is 13.8 Å². The minimum atomic E-state index is -4.43. The molecular weight excluding hydrogens is 351 g/mol. The molecule has 0 aliphatic carbocycles. The first-order chi connectivity index (χ1) is 12.8. The minimum absolute atomic E-state index is 0.124. The number of carbonyl (C=O) groups is 1. The number of amides is 1. The van der Waals surface area contributed by atoms with E-state index < -0.39 is 11.7 Å². The zero-order valence-electron chi connectivity index (χ0n) is 14.9. The number of nitrogens with one attached hydrogen (secondary N) is 1. The SMILES string of the molecule is Cc1ccc(C(F)(F)F)c(-c2ccc(NC(=O)c3ccccc3C)cc2)c1. The Bertz CT molecular complexity index is 976. The molecule has 3 rings (SSSR count). The fraction of sp³-hybridized carbons (Fsp3) is 0.136. The van der Waals surface area contributed by atoms with Gasteiger partial charge in [-0.2, -0.15) is 13.2 Å². The summed E-state index contributed by atoms with van der Waals surface area (Å²) in [6, 6.07) is 17.6. The van der Waals surface area contributed by atoms with Gasteiger partial charge in [0.1, 0.15) is 0 Å². The number of hydrogen-bond acceptors (Lipinski definition) is 1. The first kappa shape index (κ1) is 18.7. The quantitative estimate of drug-likeness (QED) is 0.582. The summed E-state index contributed by atoms with van der Waals surface area (Å²) in [7, 11) is 0. The van der Waals surface area contributed by atoms with Gasteiger partial charge in [-0.15, -0.1) is 0 Å². The highest BCUT2D eigenvalue weighted by Crippen LogP contribution is 2.37. The molecule has 1 amide bonds. The van der Waals surface area contributed by atoms with Crippen LogP contribution >= 0.6 is 0 Å². The third-order valence-corrected chi connectivity index (χ3v) is 4.32. The number of rotatable bonds is 3. The average molecular weight is 369 g/mol. The normalized spacial score (nSPS) is 11.3. The maximum absolute atomic E-state index is 13.3. The highest BCUT2D eigenvalue weighted by atomic mass is 19.4. The Morgan fingerprint density at radius 3 is 2.19 bits per heavy atom. The molecule has 3 aromatic rings. The molecule has 0 fully saturated rings. The molecule has 0 aliphatic rings. The van der Waals surface area contributed by atoms with Crippen LogP contribution in [-0.2, 0) is 6.18 Å². The van der Waals surface area contributed by atoms with E-state index in [4.69, 9.17) is 0 Å². The van der Waals surface area contributed by atoms with Crippen molar-refractivity contribution in [2.24, 2.45) is 0 Å². The van der Waals surface area contributed by atoms with E-state index in [0.29, 0.717) is 16.8 Å². The zero-order chi connectivity index (χ0) is 19.6. The zero-order valence-corrected chi connectivity index (χ0v) is 14.9. The van der Waals surface area contributed by atoms with E-state index >= 15 is 0 Å². The van der Waals surface area contributed by atoms with Crippen molar-refractivity contribution in [3.05, 3.63) is 89.0 Å². The molecule has 0 saturated heterocycles. The lowest BCUT2D eigenvalue weighted by Gasteiger charge is -2.14. The molecule has 1 N–H and O–H groups in total. The van der Waals surface area contributed by atoms with Gasteiger partial charge in [-0.1, -0.05) is 48.0 Å². The predicted octanol–water partition coefficient (Wildman–Crippen LogP) is 6.24. The van der Waals surface area contributed by atoms with Crippen LogP contribution in [-0.4, -0.2) is 5.91 Å². The summed E-state index contributed by atoms with van der Waals surface area (Å²) >= 11 is 0. The molecule has 5 heteroatoms. The van der Waals surface area contributed by atoms with Crippen LogP contribution in [0.1, 0.15) is 27.0 Å². The monoisotopic (exact) mass is 369 g/mol. The van der Waals surface area contributed by atoms with Gasteiger partial charge in [-0.25, -0.2) is 0 Å². The summed E-state index contributed by atoms with van der Waals surface area (Å²) in [4.78, 5) is 12.4. The van der Waals surface area contributed by atoms with Crippen molar-refractivity contribution >= 4 is 11.6 Å². The molecule has 27 heavy (non-hydrogen) atoms. The minimum Gasteiger partial charge on any atom is -0.322 e. The Hall–Kier alpha value is -3.08. The molecule has 0 unspecified atom stereocenters. The van der Waals surface area contributed by atoms with Gasteiger partial charge >= 0.3 is 6.18 Å². The number of aryl methyl sites for hydroxylation is 2. The van der Waals surface area contributed by atoms with E-state index in [1.165, 1.54) is 12.1 Å². The molecule has 138 valence electrons. The van der Waals surface area contributed by atoms with Gasteiger partial charge in [0, 0.05) is 11.3 Å². The molecular formula is C22H18F3NO. The van der Waals surface area contributed by atoms with Crippen molar-refractivity contribution < 1.29 is 18.0 Å². The van der Waals surface area contributed by atoms with Crippen LogP contribution in [0.3, 0.4) is 0 Å². The van der Waals surface area contributed by atoms with Crippen molar-refractivity contribution in [2.75, 3.05) is 5.32 Å². The van der Waals surface area contributed by atoms with Crippen LogP contribution in [0.5, 0.6) is 0 Å². The number of carbonyl (C=O) groups excluding carboxylic acids is 1. The maximum atomic E-state index is 13.3. The van der Waals surface area contributed by atoms with E-state index in [0.717, 1.165) is 17.2 Å². The largest absolute Gasteiger partial charge is 0.417 e. The van der Waals surface area contributed by atoms with Gasteiger partial charge in [0.25, 0.3) is 5.91 Å². The third-order valence-electron chi connectivity index (χ3n) is 4.32. The second kappa shape index (κ2) is 7.27. The molecule has 0 aliphatic heterocycles. The molecule has 0 atom stereocenters. The summed E-state index contributed by atoms with van der Waals surface area (Å²) in [6.07, 6.45) is -4.43. The van der Waals surface area contributed by atoms with E-state index in [9.17, 15) is 18.0 Å². The molecule has 3 aromatic carbocycles. The van der Waals surface area contributed by atoms with Crippen LogP contribution in [0.15, 0.2) is 66.7 Å². The molecule has 0 radical (unpaired) electrons. The Kier molecular flexibility index (Phi) is 5.04. The van der Waals surface area contributed by atoms with Gasteiger partial charge in [-0.3, -0.25) is 4.79 Å². The predicted molar refractivity (Wildman–Crippen MR) is 101 cm³/mol. The third kappa shape index (κ3) is 4.19. The van der Waals surface area contributed by atoms with Gasteiger partial charge in [0.15, 0.2) is 0 Å². The maximum Gasteiger partial charge on any atom is 0.417 e. The molecule has 2 nitrogen and oxygen atoms in total. The lowest BCUT2D eigenvalue weighted by atomic mass is 9.97. The van der Waals surface area contributed by atoms with Crippen molar-refractivity contribution in [3.8, 4) is 11.1 Å². The molecule has 0 heterocycles. The Balaban J connectivity index is 1.88. The molecule has 0 saturated carbocycles. The fourth-order valence-electron chi connectivity index (χ4n) is 2.90. The second-order valence-electron chi connectivity index (χ2n) is 6.39. The summed E-state index contributed by atoms with van der Waals surface area (Å²) in [5.41, 5.74) is 2.56. The van der Waals surface area contributed by atoms with Gasteiger partial charge in [0.05, 0.1) is 5.56 Å². The van der Waals surface area contributed by atoms with Crippen molar-refractivity contribution in [3.63, 3.8) is 0 Å². The van der Waals surface area contributed by atoms with Crippen LogP contribution in [0.25, 0.3) is 11.1 Å². The molecule has 0 bridgehead atoms. The Labute approximate surface area is 155 Å². The van der Waals surface area contributed by atoms with Gasteiger partial charge in [0.2, 0.25) is 0 Å². The number of halogens is 3. The first-order valence-corrected chi connectivity index (χ1v) is 8.41. The van der Waals surface area contributed by atoms with Crippen molar-refractivity contribution in [1.29, 1.82) is 0 Å². The van der Waals surface area contributed by atoms with Crippen molar-refractivity contribution in [2.45, 2.75) is 20.0 Å². The van der Waals surface area contributed by atoms with E-state index in [2.05, 4.69) is 5.32 Å².